The Morgan fingerprint density at radius 2 is 2.04 bits per heavy atom. The van der Waals surface area contributed by atoms with Crippen molar-refractivity contribution >= 4 is 44.5 Å². The molecule has 0 radical (unpaired) electrons. The van der Waals surface area contributed by atoms with E-state index in [2.05, 4.69) is 26.2 Å². The number of carbonyl (C=O) groups excluding carboxylic acids is 2. The molecule has 2 aromatic carbocycles. The molecule has 4 rings (SSSR count). The van der Waals surface area contributed by atoms with Gasteiger partial charge in [-0.1, -0.05) is 22.0 Å². The molecule has 8 heteroatoms. The highest BCUT2D eigenvalue weighted by atomic mass is 79.9. The van der Waals surface area contributed by atoms with Crippen LogP contribution in [0.2, 0.25) is 0 Å². The number of nitrogens with zero attached hydrogens (tertiary/aromatic N) is 2. The van der Waals surface area contributed by atoms with E-state index in [0.717, 1.165) is 14.9 Å². The zero-order valence-corrected chi connectivity index (χ0v) is 15.6. The number of benzene rings is 2. The highest BCUT2D eigenvalue weighted by molar-refractivity contribution is 9.10. The third-order valence-corrected chi connectivity index (χ3v) is 4.56. The van der Waals surface area contributed by atoms with Crippen LogP contribution in [0.3, 0.4) is 0 Å². The number of oxazole rings is 1. The molecule has 0 saturated heterocycles. The third-order valence-electron chi connectivity index (χ3n) is 4.07. The van der Waals surface area contributed by atoms with Crippen LogP contribution in [0, 0.1) is 0 Å². The maximum absolute atomic E-state index is 12.2. The molecular weight excluding hydrogens is 414 g/mol. The van der Waals surface area contributed by atoms with Crippen LogP contribution in [0.4, 0.5) is 5.69 Å². The average molecular weight is 428 g/mol. The number of anilines is 1. The molecule has 1 aliphatic heterocycles. The largest absolute Gasteiger partial charge is 0.436 e. The van der Waals surface area contributed by atoms with E-state index in [1.54, 1.807) is 18.2 Å². The van der Waals surface area contributed by atoms with E-state index >= 15 is 0 Å². The summed E-state index contributed by atoms with van der Waals surface area (Å²) in [6, 6.07) is 12.9. The number of fused-ring (bicyclic) bond motifs is 1. The number of carbonyl (C=O) groups is 2. The molecule has 136 valence electrons. The monoisotopic (exact) mass is 427 g/mol. The first kappa shape index (κ1) is 17.4. The first-order valence-electron chi connectivity index (χ1n) is 8.17. The summed E-state index contributed by atoms with van der Waals surface area (Å²) in [7, 11) is 0. The van der Waals surface area contributed by atoms with Crippen molar-refractivity contribution in [1.29, 1.82) is 0 Å². The number of rotatable bonds is 5. The minimum Gasteiger partial charge on any atom is -0.436 e. The lowest BCUT2D eigenvalue weighted by atomic mass is 10.2. The number of hydrogen-bond donors (Lipinski definition) is 2. The summed E-state index contributed by atoms with van der Waals surface area (Å²) < 4.78 is 6.71. The Balaban J connectivity index is 1.60. The summed E-state index contributed by atoms with van der Waals surface area (Å²) in [5, 5.41) is 11.9. The fourth-order valence-corrected chi connectivity index (χ4v) is 3.21. The predicted octanol–water partition coefficient (Wildman–Crippen LogP) is 2.91. The van der Waals surface area contributed by atoms with Gasteiger partial charge in [0, 0.05) is 21.8 Å². The number of aliphatic hydroxyl groups excluding tert-OH is 1. The van der Waals surface area contributed by atoms with Crippen molar-refractivity contribution in [2.45, 2.75) is 0 Å². The highest BCUT2D eigenvalue weighted by Gasteiger charge is 2.30. The second-order valence-electron chi connectivity index (χ2n) is 5.91. The molecule has 27 heavy (non-hydrogen) atoms. The van der Waals surface area contributed by atoms with E-state index in [9.17, 15) is 9.59 Å². The van der Waals surface area contributed by atoms with Gasteiger partial charge < -0.3 is 14.8 Å². The molecule has 2 N–H and O–H groups in total. The van der Waals surface area contributed by atoms with Gasteiger partial charge in [-0.05, 0) is 36.4 Å². The summed E-state index contributed by atoms with van der Waals surface area (Å²) >= 11 is 3.43. The molecule has 1 aromatic heterocycles. The number of amides is 2. The minimum atomic E-state index is -0.468. The van der Waals surface area contributed by atoms with Gasteiger partial charge in [-0.2, -0.15) is 0 Å². The molecule has 2 amide bonds. The Morgan fingerprint density at radius 3 is 2.81 bits per heavy atom. The van der Waals surface area contributed by atoms with Gasteiger partial charge in [-0.15, -0.1) is 0 Å². The van der Waals surface area contributed by atoms with Crippen molar-refractivity contribution in [3.05, 3.63) is 58.7 Å². The summed E-state index contributed by atoms with van der Waals surface area (Å²) in [4.78, 5) is 29.5. The molecule has 0 atom stereocenters. The zero-order chi connectivity index (χ0) is 19.0. The standard InChI is InChI=1S/C19H14BrN3O4/c20-12-3-1-2-11(8-12)18-22-14-9-13(4-5-16(14)27-18)21-15-10-17(25)23(6-7-24)19(15)26/h1-5,8-10,21,24H,6-7H2. The molecule has 2 heterocycles. The lowest BCUT2D eigenvalue weighted by molar-refractivity contribution is -0.137. The smallest absolute Gasteiger partial charge is 0.277 e. The van der Waals surface area contributed by atoms with Gasteiger partial charge in [0.1, 0.15) is 11.2 Å². The van der Waals surface area contributed by atoms with E-state index in [4.69, 9.17) is 9.52 Å². The van der Waals surface area contributed by atoms with Crippen molar-refractivity contribution < 1.29 is 19.1 Å². The SMILES string of the molecule is O=C1C=C(Nc2ccc3oc(-c4cccc(Br)c4)nc3c2)C(=O)N1CCO. The normalized spacial score (nSPS) is 14.1. The number of hydrogen-bond acceptors (Lipinski definition) is 6. The molecule has 0 spiro atoms. The minimum absolute atomic E-state index is 0.0301. The summed E-state index contributed by atoms with van der Waals surface area (Å²) in [6.07, 6.45) is 1.22. The van der Waals surface area contributed by atoms with E-state index in [1.807, 2.05) is 24.3 Å². The number of aromatic nitrogens is 1. The molecule has 0 unspecified atom stereocenters. The van der Waals surface area contributed by atoms with Crippen molar-refractivity contribution in [3.63, 3.8) is 0 Å². The molecule has 3 aromatic rings. The Kier molecular flexibility index (Phi) is 4.51. The van der Waals surface area contributed by atoms with E-state index < -0.39 is 11.8 Å². The van der Waals surface area contributed by atoms with Crippen LogP contribution in [-0.4, -0.2) is 40.0 Å². The summed E-state index contributed by atoms with van der Waals surface area (Å²) in [6.45, 7) is -0.306. The van der Waals surface area contributed by atoms with Crippen LogP contribution in [0.15, 0.2) is 63.1 Å². The molecule has 0 fully saturated rings. The third kappa shape index (κ3) is 3.36. The van der Waals surface area contributed by atoms with Gasteiger partial charge in [-0.25, -0.2) is 4.98 Å². The van der Waals surface area contributed by atoms with Crippen molar-refractivity contribution in [1.82, 2.24) is 9.88 Å². The molecular formula is C19H14BrN3O4. The van der Waals surface area contributed by atoms with Crippen molar-refractivity contribution in [2.24, 2.45) is 0 Å². The Bertz CT molecular complexity index is 1090. The van der Waals surface area contributed by atoms with Gasteiger partial charge >= 0.3 is 0 Å². The fourth-order valence-electron chi connectivity index (χ4n) is 2.82. The van der Waals surface area contributed by atoms with Gasteiger partial charge in [0.05, 0.1) is 13.2 Å². The summed E-state index contributed by atoms with van der Waals surface area (Å²) in [5.41, 5.74) is 2.84. The van der Waals surface area contributed by atoms with Crippen LogP contribution in [0.25, 0.3) is 22.6 Å². The van der Waals surface area contributed by atoms with Crippen LogP contribution in [0.5, 0.6) is 0 Å². The van der Waals surface area contributed by atoms with E-state index in [0.29, 0.717) is 22.7 Å². The Morgan fingerprint density at radius 1 is 1.19 bits per heavy atom. The number of nitrogens with one attached hydrogen (secondary N) is 1. The van der Waals surface area contributed by atoms with E-state index in [-0.39, 0.29) is 18.8 Å². The molecule has 0 aliphatic carbocycles. The highest BCUT2D eigenvalue weighted by Crippen LogP contribution is 2.28. The van der Waals surface area contributed by atoms with Gasteiger partial charge in [0.2, 0.25) is 5.89 Å². The van der Waals surface area contributed by atoms with Crippen LogP contribution < -0.4 is 5.32 Å². The number of imide groups is 1. The Labute approximate surface area is 162 Å². The van der Waals surface area contributed by atoms with Crippen LogP contribution in [0.1, 0.15) is 0 Å². The lowest BCUT2D eigenvalue weighted by Crippen LogP contribution is -2.34. The molecule has 0 saturated carbocycles. The van der Waals surface area contributed by atoms with Crippen LogP contribution >= 0.6 is 15.9 Å². The summed E-state index contributed by atoms with van der Waals surface area (Å²) in [5.74, 6) is -0.427. The van der Waals surface area contributed by atoms with Crippen molar-refractivity contribution in [3.8, 4) is 11.5 Å². The number of β-amino-alcohol motifs (C(OH)–C–C–N with tert-alkyl or cyclic N) is 1. The average Bonchev–Trinajstić information content (AvgIpc) is 3.18. The molecule has 0 bridgehead atoms. The van der Waals surface area contributed by atoms with Crippen molar-refractivity contribution in [2.75, 3.05) is 18.5 Å². The topological polar surface area (TPSA) is 95.7 Å². The fraction of sp³-hybridized carbons (Fsp3) is 0.105. The number of halogens is 1. The lowest BCUT2D eigenvalue weighted by Gasteiger charge is -2.13. The van der Waals surface area contributed by atoms with Gasteiger partial charge in [-0.3, -0.25) is 14.5 Å². The second-order valence-corrected chi connectivity index (χ2v) is 6.83. The molecule has 7 nitrogen and oxygen atoms in total. The maximum Gasteiger partial charge on any atom is 0.277 e. The van der Waals surface area contributed by atoms with Crippen LogP contribution in [-0.2, 0) is 9.59 Å². The first-order chi connectivity index (χ1) is 13.0. The van der Waals surface area contributed by atoms with Gasteiger partial charge in [0.15, 0.2) is 5.58 Å². The van der Waals surface area contributed by atoms with E-state index in [1.165, 1.54) is 6.08 Å². The second kappa shape index (κ2) is 6.98. The first-order valence-corrected chi connectivity index (χ1v) is 8.96. The Hall–Kier alpha value is -2.97. The van der Waals surface area contributed by atoms with Gasteiger partial charge in [0.25, 0.3) is 11.8 Å². The predicted molar refractivity (Wildman–Crippen MR) is 103 cm³/mol. The molecule has 1 aliphatic rings. The zero-order valence-electron chi connectivity index (χ0n) is 14.0. The quantitative estimate of drug-likeness (QED) is 0.607. The maximum atomic E-state index is 12.2. The number of aliphatic hydroxyl groups is 1.